The maximum Gasteiger partial charge on any atom is 0.460 e. The van der Waals surface area contributed by atoms with E-state index < -0.39 is 77.1 Å². The van der Waals surface area contributed by atoms with Gasteiger partial charge in [0.05, 0.1) is 6.10 Å². The first-order chi connectivity index (χ1) is 16.0. The number of carbonyl (C=O) groups is 1. The molecule has 1 atom stereocenters. The number of rotatable bonds is 10. The first kappa shape index (κ1) is 32.7. The smallest absolute Gasteiger partial charge is 0.388 e. The van der Waals surface area contributed by atoms with Crippen LogP contribution in [0.4, 0.5) is 74.6 Å². The topological polar surface area (TPSA) is 37.3 Å². The van der Waals surface area contributed by atoms with E-state index in [-0.39, 0.29) is 0 Å². The second-order valence-electron chi connectivity index (χ2n) is 7.55. The summed E-state index contributed by atoms with van der Waals surface area (Å²) in [6, 6.07) is 2.95. The Labute approximate surface area is 194 Å². The molecule has 214 valence electrons. The summed E-state index contributed by atoms with van der Waals surface area (Å²) in [4.78, 5) is 11.2. The summed E-state index contributed by atoms with van der Waals surface area (Å²) in [6.45, 7) is 0.870. The summed E-state index contributed by atoms with van der Waals surface area (Å²) < 4.78 is 225. The maximum atomic E-state index is 14.0. The van der Waals surface area contributed by atoms with Crippen molar-refractivity contribution in [2.75, 3.05) is 0 Å². The van der Waals surface area contributed by atoms with Gasteiger partial charge in [-0.25, -0.2) is 0 Å². The van der Waals surface area contributed by atoms with Gasteiger partial charge in [-0.05, 0) is 18.6 Å². The number of alkyl halides is 17. The summed E-state index contributed by atoms with van der Waals surface area (Å²) in [7, 11) is 0. The van der Waals surface area contributed by atoms with Crippen LogP contribution in [0.2, 0.25) is 0 Å². The van der Waals surface area contributed by atoms with E-state index in [0.717, 1.165) is 19.1 Å². The largest absolute Gasteiger partial charge is 0.460 e. The van der Waals surface area contributed by atoms with Gasteiger partial charge >= 0.3 is 47.6 Å². The molecule has 1 aromatic rings. The Morgan fingerprint density at radius 1 is 0.676 bits per heavy atom. The Kier molecular flexibility index (Phi) is 8.08. The van der Waals surface area contributed by atoms with Crippen LogP contribution in [0.15, 0.2) is 24.3 Å². The molecule has 0 spiro atoms. The number of halogens is 17. The Hall–Kier alpha value is -2.34. The van der Waals surface area contributed by atoms with E-state index in [1.807, 2.05) is 0 Å². The van der Waals surface area contributed by atoms with E-state index in [4.69, 9.17) is 0 Å². The van der Waals surface area contributed by atoms with Crippen molar-refractivity contribution in [2.45, 2.75) is 67.1 Å². The van der Waals surface area contributed by atoms with Crippen LogP contribution in [0.5, 0.6) is 0 Å². The summed E-state index contributed by atoms with van der Waals surface area (Å²) in [6.07, 6.45) is -13.9. The number of hydrogen-bond acceptors (Lipinski definition) is 2. The fourth-order valence-electron chi connectivity index (χ4n) is 2.65. The lowest BCUT2D eigenvalue weighted by Crippen LogP contribution is -2.74. The molecule has 0 fully saturated rings. The molecule has 0 aliphatic rings. The highest BCUT2D eigenvalue weighted by atomic mass is 19.4. The SMILES string of the molecule is CC(=O)c1cccc(C(O)CC(F)(F)C(F)(F)C(F)(F)C(F)(F)C(F)(F)C(F)(F)C(F)(F)C(F)(F)F)c1. The van der Waals surface area contributed by atoms with Gasteiger partial charge in [0.2, 0.25) is 0 Å². The Balaban J connectivity index is 3.54. The molecular weight excluding hydrogens is 571 g/mol. The molecule has 1 rings (SSSR count). The van der Waals surface area contributed by atoms with Crippen molar-refractivity contribution >= 4 is 5.78 Å². The molecule has 0 aliphatic heterocycles. The normalized spacial score (nSPS) is 16.1. The summed E-state index contributed by atoms with van der Waals surface area (Å²) in [5, 5.41) is 9.63. The highest BCUT2D eigenvalue weighted by Gasteiger charge is 2.95. The average molecular weight is 582 g/mol. The van der Waals surface area contributed by atoms with Gasteiger partial charge in [-0.3, -0.25) is 4.79 Å². The fourth-order valence-corrected chi connectivity index (χ4v) is 2.65. The number of aliphatic hydroxyl groups excluding tert-OH is 1. The predicted molar refractivity (Wildman–Crippen MR) is 86.7 cm³/mol. The number of Topliss-reactive ketones (excluding diaryl/α,β-unsaturated/α-hetero) is 1. The molecule has 0 saturated carbocycles. The molecule has 37 heavy (non-hydrogen) atoms. The van der Waals surface area contributed by atoms with Crippen LogP contribution in [0.25, 0.3) is 0 Å². The van der Waals surface area contributed by atoms with Crippen LogP contribution in [0, 0.1) is 0 Å². The minimum Gasteiger partial charge on any atom is -0.388 e. The first-order valence-electron chi connectivity index (χ1n) is 9.05. The zero-order valence-electron chi connectivity index (χ0n) is 17.4. The number of ketones is 1. The molecule has 0 aliphatic carbocycles. The van der Waals surface area contributed by atoms with E-state index in [9.17, 15) is 84.5 Å². The monoisotopic (exact) mass is 582 g/mol. The van der Waals surface area contributed by atoms with Crippen LogP contribution in [-0.2, 0) is 0 Å². The number of benzene rings is 1. The number of aliphatic hydroxyl groups is 1. The minimum absolute atomic E-state index is 0.393. The van der Waals surface area contributed by atoms with Gasteiger partial charge in [-0.15, -0.1) is 0 Å². The lowest BCUT2D eigenvalue weighted by molar-refractivity contribution is -0.462. The lowest BCUT2D eigenvalue weighted by Gasteiger charge is -2.43. The van der Waals surface area contributed by atoms with Crippen molar-refractivity contribution in [1.82, 2.24) is 0 Å². The van der Waals surface area contributed by atoms with Gasteiger partial charge in [0.15, 0.2) is 5.78 Å². The Morgan fingerprint density at radius 2 is 1.05 bits per heavy atom. The molecular formula is C18H11F17O2. The van der Waals surface area contributed by atoms with E-state index in [0.29, 0.717) is 12.1 Å². The summed E-state index contributed by atoms with van der Waals surface area (Å²) >= 11 is 0. The Morgan fingerprint density at radius 3 is 1.43 bits per heavy atom. The second kappa shape index (κ2) is 9.14. The van der Waals surface area contributed by atoms with Crippen LogP contribution in [0.1, 0.15) is 35.4 Å². The molecule has 2 nitrogen and oxygen atoms in total. The molecule has 0 amide bonds. The Bertz CT molecular complexity index is 996. The minimum atomic E-state index is -8.71. The van der Waals surface area contributed by atoms with Crippen molar-refractivity contribution in [3.8, 4) is 0 Å². The molecule has 0 bridgehead atoms. The van der Waals surface area contributed by atoms with Crippen LogP contribution >= 0.6 is 0 Å². The zero-order valence-corrected chi connectivity index (χ0v) is 17.4. The third kappa shape index (κ3) is 4.82. The maximum absolute atomic E-state index is 14.0. The van der Waals surface area contributed by atoms with Crippen molar-refractivity contribution in [3.05, 3.63) is 35.4 Å². The van der Waals surface area contributed by atoms with Crippen molar-refractivity contribution < 1.29 is 84.5 Å². The number of hydrogen-bond donors (Lipinski definition) is 1. The summed E-state index contributed by atoms with van der Waals surface area (Å²) in [5.41, 5.74) is -1.31. The quantitative estimate of drug-likeness (QED) is 0.232. The van der Waals surface area contributed by atoms with Crippen molar-refractivity contribution in [3.63, 3.8) is 0 Å². The van der Waals surface area contributed by atoms with Gasteiger partial charge in [0, 0.05) is 12.0 Å². The third-order valence-electron chi connectivity index (χ3n) is 4.91. The fraction of sp³-hybridized carbons (Fsp3) is 0.611. The van der Waals surface area contributed by atoms with E-state index in [2.05, 4.69) is 0 Å². The third-order valence-corrected chi connectivity index (χ3v) is 4.91. The predicted octanol–water partition coefficient (Wildman–Crippen LogP) is 7.32. The molecule has 0 heterocycles. The zero-order chi connectivity index (χ0) is 29.8. The lowest BCUT2D eigenvalue weighted by atomic mass is 9.87. The average Bonchev–Trinajstić information content (AvgIpc) is 2.71. The van der Waals surface area contributed by atoms with Crippen molar-refractivity contribution in [1.29, 1.82) is 0 Å². The standard InChI is InChI=1S/C18H11F17O2/c1-7(36)8-3-2-4-9(5-8)10(37)6-11(19,20)12(21,22)13(23,24)14(25,26)15(27,28)16(29,30)17(31,32)18(33,34)35/h2-5,10,37H,6H2,1H3. The highest BCUT2D eigenvalue weighted by Crippen LogP contribution is 2.64. The van der Waals surface area contributed by atoms with Crippen LogP contribution < -0.4 is 0 Å². The van der Waals surface area contributed by atoms with Gasteiger partial charge in [-0.2, -0.15) is 74.6 Å². The molecule has 1 N–H and O–H groups in total. The highest BCUT2D eigenvalue weighted by molar-refractivity contribution is 5.94. The van der Waals surface area contributed by atoms with Crippen LogP contribution in [-0.4, -0.2) is 58.5 Å². The van der Waals surface area contributed by atoms with E-state index in [1.54, 1.807) is 0 Å². The molecule has 19 heteroatoms. The molecule has 0 aromatic heterocycles. The second-order valence-corrected chi connectivity index (χ2v) is 7.55. The van der Waals surface area contributed by atoms with E-state index >= 15 is 0 Å². The van der Waals surface area contributed by atoms with Crippen molar-refractivity contribution in [2.24, 2.45) is 0 Å². The molecule has 1 unspecified atom stereocenters. The van der Waals surface area contributed by atoms with Crippen LogP contribution in [0.3, 0.4) is 0 Å². The van der Waals surface area contributed by atoms with Gasteiger partial charge in [0.25, 0.3) is 0 Å². The molecule has 0 saturated heterocycles. The van der Waals surface area contributed by atoms with Gasteiger partial charge in [0.1, 0.15) is 0 Å². The summed E-state index contributed by atoms with van der Waals surface area (Å²) in [5.74, 6) is -58.1. The first-order valence-corrected chi connectivity index (χ1v) is 9.05. The molecule has 0 radical (unpaired) electrons. The van der Waals surface area contributed by atoms with E-state index in [1.165, 1.54) is 0 Å². The van der Waals surface area contributed by atoms with Gasteiger partial charge < -0.3 is 5.11 Å². The number of carbonyl (C=O) groups excluding carboxylic acids is 1. The van der Waals surface area contributed by atoms with Gasteiger partial charge in [-0.1, -0.05) is 18.2 Å². The molecule has 1 aromatic carbocycles.